The molecule has 0 unspecified atom stereocenters. The number of carbonyl (C=O) groups is 1. The Morgan fingerprint density at radius 1 is 1.35 bits per heavy atom. The number of piperidine rings is 1. The molecule has 6 nitrogen and oxygen atoms in total. The molecule has 0 atom stereocenters. The number of nitrogens with one attached hydrogen (secondary N) is 1. The number of rotatable bonds is 4. The van der Waals surface area contributed by atoms with Gasteiger partial charge in [-0.05, 0) is 40.9 Å². The van der Waals surface area contributed by atoms with Crippen LogP contribution in [0.25, 0.3) is 0 Å². The smallest absolute Gasteiger partial charge is 0.252 e. The summed E-state index contributed by atoms with van der Waals surface area (Å²) in [7, 11) is -3.46. The number of hydrogen-bond acceptors (Lipinski definition) is 6. The Kier molecular flexibility index (Phi) is 5.16. The highest BCUT2D eigenvalue weighted by molar-refractivity contribution is 9.11. The first-order valence-corrected chi connectivity index (χ1v) is 10.9. The molecule has 1 saturated heterocycles. The lowest BCUT2D eigenvalue weighted by molar-refractivity contribution is -0.120. The molecule has 0 aromatic carbocycles. The molecule has 0 spiro atoms. The number of hydrogen-bond donors (Lipinski definition) is 1. The van der Waals surface area contributed by atoms with Crippen LogP contribution in [0.1, 0.15) is 12.8 Å². The molecule has 0 saturated carbocycles. The van der Waals surface area contributed by atoms with E-state index in [1.54, 1.807) is 23.7 Å². The van der Waals surface area contributed by atoms with Gasteiger partial charge in [-0.1, -0.05) is 0 Å². The zero-order valence-corrected chi connectivity index (χ0v) is 16.0. The molecular weight excluding hydrogens is 422 g/mol. The number of aromatic nitrogens is 1. The van der Waals surface area contributed by atoms with Crippen LogP contribution in [0, 0.1) is 5.92 Å². The first-order chi connectivity index (χ1) is 11.0. The van der Waals surface area contributed by atoms with Crippen molar-refractivity contribution in [3.05, 3.63) is 27.5 Å². The van der Waals surface area contributed by atoms with Crippen molar-refractivity contribution in [3.63, 3.8) is 0 Å². The highest BCUT2D eigenvalue weighted by atomic mass is 79.9. The van der Waals surface area contributed by atoms with Gasteiger partial charge in [0.2, 0.25) is 5.91 Å². The Balaban J connectivity index is 1.61. The fraction of sp³-hybridized carbons (Fsp3) is 0.385. The van der Waals surface area contributed by atoms with Gasteiger partial charge in [0.15, 0.2) is 5.13 Å². The first-order valence-electron chi connectivity index (χ1n) is 6.92. The monoisotopic (exact) mass is 435 g/mol. The van der Waals surface area contributed by atoms with Gasteiger partial charge in [-0.2, -0.15) is 4.31 Å². The average molecular weight is 436 g/mol. The number of anilines is 1. The van der Waals surface area contributed by atoms with Gasteiger partial charge < -0.3 is 5.32 Å². The van der Waals surface area contributed by atoms with Gasteiger partial charge in [0.05, 0.1) is 3.79 Å². The van der Waals surface area contributed by atoms with Gasteiger partial charge in [-0.25, -0.2) is 13.4 Å². The minimum atomic E-state index is -3.46. The lowest BCUT2D eigenvalue weighted by Gasteiger charge is -2.29. The highest BCUT2D eigenvalue weighted by Crippen LogP contribution is 2.31. The lowest BCUT2D eigenvalue weighted by atomic mass is 9.97. The van der Waals surface area contributed by atoms with E-state index in [0.717, 1.165) is 3.79 Å². The molecule has 23 heavy (non-hydrogen) atoms. The molecule has 1 aliphatic rings. The van der Waals surface area contributed by atoms with Gasteiger partial charge in [-0.15, -0.1) is 22.7 Å². The van der Waals surface area contributed by atoms with Crippen LogP contribution in [0.15, 0.2) is 31.7 Å². The fourth-order valence-electron chi connectivity index (χ4n) is 2.41. The van der Waals surface area contributed by atoms with Crippen molar-refractivity contribution in [1.29, 1.82) is 0 Å². The molecule has 0 bridgehead atoms. The van der Waals surface area contributed by atoms with Crippen LogP contribution >= 0.6 is 38.6 Å². The van der Waals surface area contributed by atoms with Crippen LogP contribution in [0.4, 0.5) is 5.13 Å². The second-order valence-corrected chi connectivity index (χ2v) is 10.6. The lowest BCUT2D eigenvalue weighted by Crippen LogP contribution is -2.41. The SMILES string of the molecule is O=C(Nc1nccs1)C1CCN(S(=O)(=O)c2ccc(Br)s2)CC1. The van der Waals surface area contributed by atoms with Crippen molar-refractivity contribution in [2.45, 2.75) is 17.1 Å². The number of carbonyl (C=O) groups excluding carboxylic acids is 1. The molecular formula is C13H14BrN3O3S3. The topological polar surface area (TPSA) is 79.4 Å². The largest absolute Gasteiger partial charge is 0.302 e. The molecule has 3 heterocycles. The minimum absolute atomic E-state index is 0.0872. The maximum atomic E-state index is 12.5. The molecule has 2 aromatic rings. The van der Waals surface area contributed by atoms with Crippen LogP contribution < -0.4 is 5.32 Å². The minimum Gasteiger partial charge on any atom is -0.302 e. The Morgan fingerprint density at radius 2 is 2.09 bits per heavy atom. The van der Waals surface area contributed by atoms with E-state index in [-0.39, 0.29) is 11.8 Å². The molecule has 3 rings (SSSR count). The molecule has 10 heteroatoms. The van der Waals surface area contributed by atoms with Crippen LogP contribution in [0.3, 0.4) is 0 Å². The fourth-order valence-corrected chi connectivity index (χ4v) is 6.58. The quantitative estimate of drug-likeness (QED) is 0.799. The predicted molar refractivity (Wildman–Crippen MR) is 94.2 cm³/mol. The average Bonchev–Trinajstić information content (AvgIpc) is 3.19. The third kappa shape index (κ3) is 3.82. The van der Waals surface area contributed by atoms with E-state index in [0.29, 0.717) is 35.3 Å². The summed E-state index contributed by atoms with van der Waals surface area (Å²) in [5, 5.41) is 5.15. The third-order valence-corrected chi connectivity index (χ3v) is 8.31. The maximum absolute atomic E-state index is 12.5. The van der Waals surface area contributed by atoms with Crippen LogP contribution in [0.2, 0.25) is 0 Å². The zero-order chi connectivity index (χ0) is 16.4. The Labute approximate surface area is 150 Å². The molecule has 0 radical (unpaired) electrons. The van der Waals surface area contributed by atoms with Crippen molar-refractivity contribution in [3.8, 4) is 0 Å². The van der Waals surface area contributed by atoms with Crippen LogP contribution in [-0.4, -0.2) is 36.7 Å². The summed E-state index contributed by atoms with van der Waals surface area (Å²) in [6.07, 6.45) is 2.67. The Morgan fingerprint density at radius 3 is 2.65 bits per heavy atom. The number of nitrogens with zero attached hydrogens (tertiary/aromatic N) is 2. The summed E-state index contributed by atoms with van der Waals surface area (Å²) < 4.78 is 27.7. The standard InChI is InChI=1S/C13H14BrN3O3S3/c14-10-1-2-11(22-10)23(19,20)17-6-3-9(4-7-17)12(18)16-13-15-5-8-21-13/h1-2,5,8-9H,3-4,6-7H2,(H,15,16,18). The summed E-state index contributed by atoms with van der Waals surface area (Å²) in [6, 6.07) is 3.33. The van der Waals surface area contributed by atoms with E-state index >= 15 is 0 Å². The summed E-state index contributed by atoms with van der Waals surface area (Å²) in [6.45, 7) is 0.710. The second-order valence-electron chi connectivity index (χ2n) is 5.06. The zero-order valence-electron chi connectivity index (χ0n) is 11.9. The van der Waals surface area contributed by atoms with Crippen molar-refractivity contribution in [2.75, 3.05) is 18.4 Å². The number of thiazole rings is 1. The second kappa shape index (κ2) is 6.98. The summed E-state index contributed by atoms with van der Waals surface area (Å²) in [4.78, 5) is 16.2. The summed E-state index contributed by atoms with van der Waals surface area (Å²) >= 11 is 5.85. The van der Waals surface area contributed by atoms with Gasteiger partial charge in [0.1, 0.15) is 4.21 Å². The number of amides is 1. The molecule has 124 valence electrons. The van der Waals surface area contributed by atoms with Crippen LogP contribution in [-0.2, 0) is 14.8 Å². The van der Waals surface area contributed by atoms with E-state index in [1.165, 1.54) is 27.0 Å². The van der Waals surface area contributed by atoms with Crippen molar-refractivity contribution in [1.82, 2.24) is 9.29 Å². The Hall–Kier alpha value is -0.810. The normalized spacial score (nSPS) is 17.3. The molecule has 2 aromatic heterocycles. The number of sulfonamides is 1. The van der Waals surface area contributed by atoms with E-state index in [4.69, 9.17) is 0 Å². The third-order valence-electron chi connectivity index (χ3n) is 3.63. The van der Waals surface area contributed by atoms with E-state index in [2.05, 4.69) is 26.2 Å². The van der Waals surface area contributed by atoms with Crippen molar-refractivity contribution in [2.24, 2.45) is 5.92 Å². The predicted octanol–water partition coefficient (Wildman–Crippen LogP) is 3.01. The molecule has 1 amide bonds. The Bertz CT molecular complexity index is 781. The van der Waals surface area contributed by atoms with E-state index < -0.39 is 10.0 Å². The number of thiophene rings is 1. The van der Waals surface area contributed by atoms with Gasteiger partial charge in [-0.3, -0.25) is 4.79 Å². The van der Waals surface area contributed by atoms with Gasteiger partial charge >= 0.3 is 0 Å². The molecule has 1 N–H and O–H groups in total. The van der Waals surface area contributed by atoms with E-state index in [9.17, 15) is 13.2 Å². The number of halogens is 1. The highest BCUT2D eigenvalue weighted by Gasteiger charge is 2.33. The summed E-state index contributed by atoms with van der Waals surface area (Å²) in [5.41, 5.74) is 0. The molecule has 0 aliphatic carbocycles. The van der Waals surface area contributed by atoms with Crippen LogP contribution in [0.5, 0.6) is 0 Å². The van der Waals surface area contributed by atoms with Gasteiger partial charge in [0.25, 0.3) is 10.0 Å². The molecule has 1 aliphatic heterocycles. The van der Waals surface area contributed by atoms with Crippen molar-refractivity contribution < 1.29 is 13.2 Å². The van der Waals surface area contributed by atoms with Gasteiger partial charge in [0, 0.05) is 30.6 Å². The van der Waals surface area contributed by atoms with Crippen molar-refractivity contribution >= 4 is 59.7 Å². The van der Waals surface area contributed by atoms with E-state index in [1.807, 2.05) is 0 Å². The molecule has 1 fully saturated rings. The summed E-state index contributed by atoms with van der Waals surface area (Å²) in [5.74, 6) is -0.267. The maximum Gasteiger partial charge on any atom is 0.252 e. The first kappa shape index (κ1) is 17.0.